The Hall–Kier alpha value is -0.480. The molecule has 4 heteroatoms. The second-order valence-corrected chi connectivity index (χ2v) is 3.79. The predicted molar refractivity (Wildman–Crippen MR) is 46.6 cm³/mol. The van der Waals surface area contributed by atoms with Gasteiger partial charge in [0.05, 0.1) is 0 Å². The Morgan fingerprint density at radius 3 is 1.91 bits per heavy atom. The van der Waals surface area contributed by atoms with Crippen molar-refractivity contribution in [1.29, 1.82) is 0 Å². The van der Waals surface area contributed by atoms with Crippen LogP contribution in [0.2, 0.25) is 0 Å². The van der Waals surface area contributed by atoms with E-state index in [0.29, 0.717) is 5.06 Å². The van der Waals surface area contributed by atoms with Crippen molar-refractivity contribution in [1.82, 2.24) is 5.06 Å². The van der Waals surface area contributed by atoms with E-state index in [0.717, 1.165) is 0 Å². The molecule has 0 radical (unpaired) electrons. The predicted octanol–water partition coefficient (Wildman–Crippen LogP) is 1.25. The molecule has 0 rings (SSSR count). The molecule has 3 nitrogen and oxygen atoms in total. The second-order valence-electron chi connectivity index (χ2n) is 3.41. The molecular formula is C7H13NO2S. The molecule has 0 aliphatic carbocycles. The molecule has 0 heterocycles. The number of hydrogen-bond donors (Lipinski definition) is 1. The molecule has 0 aromatic rings. The zero-order valence-corrected chi connectivity index (χ0v) is 8.03. The van der Waals surface area contributed by atoms with Crippen LogP contribution in [0.5, 0.6) is 0 Å². The minimum Gasteiger partial charge on any atom is -0.291 e. The second kappa shape index (κ2) is 3.28. The summed E-state index contributed by atoms with van der Waals surface area (Å²) in [5, 5.41) is 9.50. The zero-order valence-electron chi connectivity index (χ0n) is 7.21. The Balaban J connectivity index is 4.40. The van der Waals surface area contributed by atoms with E-state index >= 15 is 0 Å². The fourth-order valence-electron chi connectivity index (χ4n) is 0.468. The maximum Gasteiger partial charge on any atom is 0.197 e. The first kappa shape index (κ1) is 10.5. The number of carbonyl (C=O) groups is 1. The van der Waals surface area contributed by atoms with E-state index in [9.17, 15) is 4.79 Å². The summed E-state index contributed by atoms with van der Waals surface area (Å²) < 4.78 is 0. The highest BCUT2D eigenvalue weighted by atomic mass is 32.1. The molecule has 0 spiro atoms. The Morgan fingerprint density at radius 2 is 1.82 bits per heavy atom. The van der Waals surface area contributed by atoms with Gasteiger partial charge >= 0.3 is 0 Å². The van der Waals surface area contributed by atoms with E-state index in [1.54, 1.807) is 20.8 Å². The summed E-state index contributed by atoms with van der Waals surface area (Å²) in [6, 6.07) is 0. The first-order chi connectivity index (χ1) is 4.76. The molecule has 0 unspecified atom stereocenters. The molecule has 11 heavy (non-hydrogen) atoms. The maximum absolute atomic E-state index is 11.3. The number of likely N-dealkylation sites (N-methyl/N-ethyl adjacent to an activating group) is 1. The summed E-state index contributed by atoms with van der Waals surface area (Å²) in [5.74, 6) is -0.225. The molecule has 0 saturated carbocycles. The third-order valence-corrected chi connectivity index (χ3v) is 1.62. The largest absolute Gasteiger partial charge is 0.291 e. The molecule has 0 aromatic carbocycles. The Bertz CT molecular complexity index is 181. The van der Waals surface area contributed by atoms with Crippen LogP contribution in [0.25, 0.3) is 0 Å². The van der Waals surface area contributed by atoms with Gasteiger partial charge < -0.3 is 0 Å². The number of rotatable bonds is 1. The first-order valence-electron chi connectivity index (χ1n) is 3.28. The monoisotopic (exact) mass is 175 g/mol. The van der Waals surface area contributed by atoms with Gasteiger partial charge in [-0.25, -0.2) is 5.06 Å². The highest BCUT2D eigenvalue weighted by molar-refractivity contribution is 7.82. The number of hydrogen-bond acceptors (Lipinski definition) is 3. The summed E-state index contributed by atoms with van der Waals surface area (Å²) in [6.07, 6.45) is 0. The summed E-state index contributed by atoms with van der Waals surface area (Å²) >= 11 is 4.68. The van der Waals surface area contributed by atoms with E-state index in [1.807, 2.05) is 0 Å². The van der Waals surface area contributed by atoms with Crippen LogP contribution >= 0.6 is 12.2 Å². The van der Waals surface area contributed by atoms with Crippen LogP contribution < -0.4 is 0 Å². The summed E-state index contributed by atoms with van der Waals surface area (Å²) in [4.78, 5) is 11.2. The summed E-state index contributed by atoms with van der Waals surface area (Å²) in [5.41, 5.74) is -0.520. The van der Waals surface area contributed by atoms with Crippen molar-refractivity contribution in [2.24, 2.45) is 5.41 Å². The zero-order chi connectivity index (χ0) is 9.23. The van der Waals surface area contributed by atoms with E-state index in [-0.39, 0.29) is 10.8 Å². The van der Waals surface area contributed by atoms with Crippen molar-refractivity contribution in [2.75, 3.05) is 7.05 Å². The van der Waals surface area contributed by atoms with Crippen molar-refractivity contribution in [3.63, 3.8) is 0 Å². The highest BCUT2D eigenvalue weighted by Crippen LogP contribution is 2.15. The Morgan fingerprint density at radius 1 is 1.45 bits per heavy atom. The molecular weight excluding hydrogens is 162 g/mol. The fourth-order valence-corrected chi connectivity index (χ4v) is 0.774. The highest BCUT2D eigenvalue weighted by Gasteiger charge is 2.26. The van der Waals surface area contributed by atoms with Gasteiger partial charge in [0.2, 0.25) is 0 Å². The van der Waals surface area contributed by atoms with Crippen molar-refractivity contribution in [2.45, 2.75) is 20.8 Å². The molecule has 64 valence electrons. The van der Waals surface area contributed by atoms with Crippen LogP contribution in [0.3, 0.4) is 0 Å². The van der Waals surface area contributed by atoms with Crippen LogP contribution in [0.15, 0.2) is 0 Å². The SMILES string of the molecule is CN(O)C(=S)C(=O)C(C)(C)C. The third-order valence-electron chi connectivity index (χ3n) is 1.17. The summed E-state index contributed by atoms with van der Waals surface area (Å²) in [6.45, 7) is 5.27. The van der Waals surface area contributed by atoms with Crippen LogP contribution in [-0.2, 0) is 4.79 Å². The molecule has 0 amide bonds. The van der Waals surface area contributed by atoms with Crippen molar-refractivity contribution >= 4 is 23.0 Å². The van der Waals surface area contributed by atoms with Gasteiger partial charge in [-0.05, 0) is 0 Å². The van der Waals surface area contributed by atoms with E-state index in [1.165, 1.54) is 7.05 Å². The standard InChI is InChI=1S/C7H13NO2S/c1-7(2,3)5(9)6(11)8(4)10/h10H,1-4H3. The van der Waals surface area contributed by atoms with Gasteiger partial charge in [0.25, 0.3) is 0 Å². The smallest absolute Gasteiger partial charge is 0.197 e. The number of Topliss-reactive ketones (excluding diaryl/α,β-unsaturated/α-hetero) is 1. The van der Waals surface area contributed by atoms with E-state index in [4.69, 9.17) is 5.21 Å². The molecule has 0 bridgehead atoms. The minimum atomic E-state index is -0.520. The lowest BCUT2D eigenvalue weighted by atomic mass is 9.91. The normalized spacial score (nSPS) is 11.0. The van der Waals surface area contributed by atoms with Gasteiger partial charge in [-0.15, -0.1) is 0 Å². The topological polar surface area (TPSA) is 40.5 Å². The van der Waals surface area contributed by atoms with Crippen LogP contribution in [0.4, 0.5) is 0 Å². The van der Waals surface area contributed by atoms with Crippen molar-refractivity contribution < 1.29 is 10.0 Å². The fraction of sp³-hybridized carbons (Fsp3) is 0.714. The number of nitrogens with zero attached hydrogens (tertiary/aromatic N) is 1. The summed E-state index contributed by atoms with van der Waals surface area (Å²) in [7, 11) is 1.34. The quantitative estimate of drug-likeness (QED) is 0.481. The molecule has 0 saturated heterocycles. The van der Waals surface area contributed by atoms with Gasteiger partial charge in [0, 0.05) is 12.5 Å². The van der Waals surface area contributed by atoms with Crippen LogP contribution in [0.1, 0.15) is 20.8 Å². The third kappa shape index (κ3) is 2.95. The molecule has 1 N–H and O–H groups in total. The van der Waals surface area contributed by atoms with E-state index in [2.05, 4.69) is 12.2 Å². The first-order valence-corrected chi connectivity index (χ1v) is 3.69. The lowest BCUT2D eigenvalue weighted by Crippen LogP contribution is -2.36. The van der Waals surface area contributed by atoms with Crippen molar-refractivity contribution in [3.8, 4) is 0 Å². The number of hydroxylamine groups is 2. The molecule has 0 aliphatic rings. The Kier molecular flexibility index (Phi) is 3.13. The maximum atomic E-state index is 11.3. The van der Waals surface area contributed by atoms with Gasteiger partial charge in [0.1, 0.15) is 0 Å². The lowest BCUT2D eigenvalue weighted by molar-refractivity contribution is -0.121. The minimum absolute atomic E-state index is 0.0440. The average molecular weight is 175 g/mol. The molecule has 0 atom stereocenters. The lowest BCUT2D eigenvalue weighted by Gasteiger charge is -2.19. The number of ketones is 1. The molecule has 0 aliphatic heterocycles. The van der Waals surface area contributed by atoms with E-state index < -0.39 is 5.41 Å². The van der Waals surface area contributed by atoms with Gasteiger partial charge in [-0.1, -0.05) is 33.0 Å². The van der Waals surface area contributed by atoms with Gasteiger partial charge in [-0.3, -0.25) is 10.0 Å². The number of carbonyl (C=O) groups excluding carboxylic acids is 1. The number of thiocarbonyl (C=S) groups is 1. The van der Waals surface area contributed by atoms with Gasteiger partial charge in [0.15, 0.2) is 10.8 Å². The van der Waals surface area contributed by atoms with Crippen LogP contribution in [-0.4, -0.2) is 28.1 Å². The van der Waals surface area contributed by atoms with Crippen LogP contribution in [0, 0.1) is 5.41 Å². The van der Waals surface area contributed by atoms with Gasteiger partial charge in [-0.2, -0.15) is 0 Å². The molecule has 0 aromatic heterocycles. The average Bonchev–Trinajstić information content (AvgIpc) is 1.82. The molecule has 0 fully saturated rings. The van der Waals surface area contributed by atoms with Crippen molar-refractivity contribution in [3.05, 3.63) is 0 Å². The Labute approximate surface area is 72.0 Å².